The second-order valence-corrected chi connectivity index (χ2v) is 8.74. The van der Waals surface area contributed by atoms with E-state index in [0.29, 0.717) is 13.1 Å². The Kier molecular flexibility index (Phi) is 10.2. The number of piperazine rings is 1. The SMILES string of the molecule is CC(C)(C)Sc1ccccc1[C@H](CC(F)(F)F)N1CCNCC1.Cl.Cl. The molecule has 146 valence electrons. The molecule has 0 radical (unpaired) electrons. The summed E-state index contributed by atoms with van der Waals surface area (Å²) in [5.74, 6) is 0. The lowest BCUT2D eigenvalue weighted by molar-refractivity contribution is -0.149. The second-order valence-electron chi connectivity index (χ2n) is 6.87. The molecule has 2 rings (SSSR count). The van der Waals surface area contributed by atoms with Crippen LogP contribution in [0.5, 0.6) is 0 Å². The zero-order valence-electron chi connectivity index (χ0n) is 14.7. The Hall–Kier alpha value is -0.140. The lowest BCUT2D eigenvalue weighted by Gasteiger charge is -2.37. The van der Waals surface area contributed by atoms with E-state index < -0.39 is 18.6 Å². The standard InChI is InChI=1S/C17H25F3N2S.2ClH/c1-16(2,3)23-15-7-5-4-6-13(15)14(12-17(18,19)20)22-10-8-21-9-11-22;;/h4-7,14,21H,8-12H2,1-3H3;2*1H/t14-;;/m0../s1. The molecule has 0 aliphatic carbocycles. The van der Waals surface area contributed by atoms with E-state index in [1.54, 1.807) is 11.8 Å². The van der Waals surface area contributed by atoms with Gasteiger partial charge in [0.2, 0.25) is 0 Å². The summed E-state index contributed by atoms with van der Waals surface area (Å²) in [6.07, 6.45) is -4.97. The molecule has 8 heteroatoms. The number of alkyl halides is 3. The van der Waals surface area contributed by atoms with Crippen LogP contribution in [-0.2, 0) is 0 Å². The van der Waals surface area contributed by atoms with Crippen LogP contribution in [0.2, 0.25) is 0 Å². The molecular formula is C17H27Cl2F3N2S. The van der Waals surface area contributed by atoms with E-state index in [9.17, 15) is 13.2 Å². The first kappa shape index (κ1) is 24.9. The molecule has 1 saturated heterocycles. The molecule has 0 unspecified atom stereocenters. The van der Waals surface area contributed by atoms with Gasteiger partial charge in [-0.2, -0.15) is 13.2 Å². The monoisotopic (exact) mass is 418 g/mol. The smallest absolute Gasteiger partial charge is 0.314 e. The Morgan fingerprint density at radius 1 is 1.08 bits per heavy atom. The lowest BCUT2D eigenvalue weighted by Crippen LogP contribution is -2.46. The van der Waals surface area contributed by atoms with Crippen LogP contribution < -0.4 is 5.32 Å². The Labute approximate surface area is 165 Å². The van der Waals surface area contributed by atoms with Crippen molar-refractivity contribution in [3.05, 3.63) is 29.8 Å². The molecule has 25 heavy (non-hydrogen) atoms. The maximum Gasteiger partial charge on any atom is 0.390 e. The predicted molar refractivity (Wildman–Crippen MR) is 104 cm³/mol. The van der Waals surface area contributed by atoms with Gasteiger partial charge in [0.05, 0.1) is 6.42 Å². The fraction of sp³-hybridized carbons (Fsp3) is 0.647. The predicted octanol–water partition coefficient (Wildman–Crippen LogP) is 5.32. The Morgan fingerprint density at radius 2 is 1.64 bits per heavy atom. The minimum atomic E-state index is -4.17. The minimum Gasteiger partial charge on any atom is -0.314 e. The van der Waals surface area contributed by atoms with Gasteiger partial charge in [-0.25, -0.2) is 0 Å². The average Bonchev–Trinajstić information content (AvgIpc) is 2.44. The molecule has 0 spiro atoms. The maximum atomic E-state index is 13.2. The van der Waals surface area contributed by atoms with Crippen molar-refractivity contribution >= 4 is 36.6 Å². The van der Waals surface area contributed by atoms with Gasteiger partial charge in [-0.1, -0.05) is 39.0 Å². The molecule has 1 heterocycles. The third-order valence-corrected chi connectivity index (χ3v) is 4.92. The molecule has 1 aromatic carbocycles. The fourth-order valence-corrected chi connectivity index (χ4v) is 3.96. The number of nitrogens with zero attached hydrogens (tertiary/aromatic N) is 1. The molecule has 0 bridgehead atoms. The van der Waals surface area contributed by atoms with Crippen molar-refractivity contribution < 1.29 is 13.2 Å². The molecule has 1 atom stereocenters. The molecule has 1 fully saturated rings. The molecule has 2 nitrogen and oxygen atoms in total. The van der Waals surface area contributed by atoms with Crippen LogP contribution in [0.15, 0.2) is 29.2 Å². The fourth-order valence-electron chi connectivity index (χ4n) is 2.83. The van der Waals surface area contributed by atoms with E-state index in [1.807, 2.05) is 29.2 Å². The number of hydrogen-bond acceptors (Lipinski definition) is 3. The summed E-state index contributed by atoms with van der Waals surface area (Å²) in [4.78, 5) is 2.92. The highest BCUT2D eigenvalue weighted by Gasteiger charge is 2.37. The Balaban J connectivity index is 0.00000288. The molecule has 1 N–H and O–H groups in total. The van der Waals surface area contributed by atoms with Crippen molar-refractivity contribution in [3.8, 4) is 0 Å². The highest BCUT2D eigenvalue weighted by Crippen LogP contribution is 2.41. The van der Waals surface area contributed by atoms with Crippen LogP contribution in [0.3, 0.4) is 0 Å². The molecule has 0 saturated carbocycles. The first-order valence-corrected chi connectivity index (χ1v) is 8.77. The van der Waals surface area contributed by atoms with E-state index in [-0.39, 0.29) is 29.6 Å². The maximum absolute atomic E-state index is 13.2. The van der Waals surface area contributed by atoms with Gasteiger partial charge < -0.3 is 5.32 Å². The number of nitrogens with one attached hydrogen (secondary N) is 1. The zero-order valence-corrected chi connectivity index (χ0v) is 17.2. The van der Waals surface area contributed by atoms with Gasteiger partial charge >= 0.3 is 6.18 Å². The topological polar surface area (TPSA) is 15.3 Å². The average molecular weight is 419 g/mol. The third-order valence-electron chi connectivity index (χ3n) is 3.71. The summed E-state index contributed by atoms with van der Waals surface area (Å²) in [5, 5.41) is 3.21. The molecule has 0 amide bonds. The highest BCUT2D eigenvalue weighted by molar-refractivity contribution is 8.00. The van der Waals surface area contributed by atoms with Crippen molar-refractivity contribution in [1.82, 2.24) is 10.2 Å². The van der Waals surface area contributed by atoms with Crippen LogP contribution >= 0.6 is 36.6 Å². The van der Waals surface area contributed by atoms with Gasteiger partial charge in [0.25, 0.3) is 0 Å². The number of rotatable bonds is 4. The summed E-state index contributed by atoms with van der Waals surface area (Å²) in [6.45, 7) is 9.02. The molecule has 1 aliphatic rings. The summed E-state index contributed by atoms with van der Waals surface area (Å²) in [6, 6.07) is 6.93. The molecule has 1 aliphatic heterocycles. The van der Waals surface area contributed by atoms with Crippen LogP contribution in [0, 0.1) is 0 Å². The van der Waals surface area contributed by atoms with Gasteiger partial charge in [0.15, 0.2) is 0 Å². The van der Waals surface area contributed by atoms with Crippen molar-refractivity contribution in [2.75, 3.05) is 26.2 Å². The van der Waals surface area contributed by atoms with Crippen LogP contribution in [0.4, 0.5) is 13.2 Å². The largest absolute Gasteiger partial charge is 0.390 e. The molecule has 0 aromatic heterocycles. The molecule has 1 aromatic rings. The van der Waals surface area contributed by atoms with E-state index in [4.69, 9.17) is 0 Å². The summed E-state index contributed by atoms with van der Waals surface area (Å²) < 4.78 is 39.5. The number of hydrogen-bond donors (Lipinski definition) is 1. The van der Waals surface area contributed by atoms with E-state index >= 15 is 0 Å². The summed E-state index contributed by atoms with van der Waals surface area (Å²) >= 11 is 1.64. The first-order chi connectivity index (χ1) is 10.7. The number of halogens is 5. The summed E-state index contributed by atoms with van der Waals surface area (Å²) in [7, 11) is 0. The van der Waals surface area contributed by atoms with Gasteiger partial charge in [-0.15, -0.1) is 36.6 Å². The normalized spacial score (nSPS) is 17.4. The van der Waals surface area contributed by atoms with Gasteiger partial charge in [-0.3, -0.25) is 4.90 Å². The Bertz CT molecular complexity index is 515. The van der Waals surface area contributed by atoms with E-state index in [0.717, 1.165) is 23.5 Å². The minimum absolute atomic E-state index is 0. The van der Waals surface area contributed by atoms with E-state index in [1.165, 1.54) is 0 Å². The highest BCUT2D eigenvalue weighted by atomic mass is 35.5. The number of benzene rings is 1. The lowest BCUT2D eigenvalue weighted by atomic mass is 10.0. The first-order valence-electron chi connectivity index (χ1n) is 7.95. The molecular weight excluding hydrogens is 392 g/mol. The van der Waals surface area contributed by atoms with Crippen molar-refractivity contribution in [2.45, 2.75) is 49.1 Å². The van der Waals surface area contributed by atoms with Crippen LogP contribution in [-0.4, -0.2) is 42.0 Å². The van der Waals surface area contributed by atoms with Crippen molar-refractivity contribution in [1.29, 1.82) is 0 Å². The zero-order chi connectivity index (χ0) is 17.1. The van der Waals surface area contributed by atoms with Gasteiger partial charge in [-0.05, 0) is 11.6 Å². The van der Waals surface area contributed by atoms with Gasteiger partial charge in [0.1, 0.15) is 0 Å². The van der Waals surface area contributed by atoms with Crippen LogP contribution in [0.25, 0.3) is 0 Å². The van der Waals surface area contributed by atoms with Gasteiger partial charge in [0, 0.05) is 41.9 Å². The quantitative estimate of drug-likeness (QED) is 0.665. The third kappa shape index (κ3) is 8.39. The van der Waals surface area contributed by atoms with Crippen molar-refractivity contribution in [3.63, 3.8) is 0 Å². The number of thioether (sulfide) groups is 1. The summed E-state index contributed by atoms with van der Waals surface area (Å²) in [5.41, 5.74) is 0.798. The Morgan fingerprint density at radius 3 is 2.16 bits per heavy atom. The van der Waals surface area contributed by atoms with Crippen molar-refractivity contribution in [2.24, 2.45) is 0 Å². The van der Waals surface area contributed by atoms with E-state index in [2.05, 4.69) is 26.1 Å². The van der Waals surface area contributed by atoms with Crippen LogP contribution in [0.1, 0.15) is 38.8 Å². The second kappa shape index (κ2) is 10.3.